The van der Waals surface area contributed by atoms with E-state index in [9.17, 15) is 17.6 Å². The molecule has 0 fully saturated rings. The van der Waals surface area contributed by atoms with Crippen LogP contribution in [0.2, 0.25) is 0 Å². The second-order valence-corrected chi connectivity index (χ2v) is 6.87. The molecule has 0 saturated heterocycles. The van der Waals surface area contributed by atoms with Gasteiger partial charge in [-0.2, -0.15) is 13.2 Å². The smallest absolute Gasteiger partial charge is 0.329 e. The molecule has 0 saturated carbocycles. The predicted molar refractivity (Wildman–Crippen MR) is 90.1 cm³/mol. The van der Waals surface area contributed by atoms with Gasteiger partial charge in [0.25, 0.3) is 0 Å². The maximum absolute atomic E-state index is 13.7. The minimum atomic E-state index is -4.66. The van der Waals surface area contributed by atoms with Gasteiger partial charge in [0.1, 0.15) is 15.3 Å². The van der Waals surface area contributed by atoms with Gasteiger partial charge in [-0.1, -0.05) is 6.07 Å². The Morgan fingerprint density at radius 2 is 2.12 bits per heavy atom. The first-order valence-electron chi connectivity index (χ1n) is 7.59. The van der Waals surface area contributed by atoms with E-state index in [4.69, 9.17) is 0 Å². The van der Waals surface area contributed by atoms with E-state index in [0.717, 1.165) is 40.4 Å². The average molecular weight is 453 g/mol. The lowest BCUT2D eigenvalue weighted by Gasteiger charge is -2.27. The van der Waals surface area contributed by atoms with Gasteiger partial charge >= 0.3 is 6.18 Å². The number of fused-ring (bicyclic) bond motifs is 1. The molecule has 1 aliphatic heterocycles. The molecule has 3 rings (SSSR count). The highest BCUT2D eigenvalue weighted by Gasteiger charge is 2.34. The summed E-state index contributed by atoms with van der Waals surface area (Å²) in [5, 5.41) is 3.41. The van der Waals surface area contributed by atoms with Crippen molar-refractivity contribution >= 4 is 22.6 Å². The minimum Gasteiger partial charge on any atom is -0.329 e. The number of hydrogen-bond donors (Lipinski definition) is 1. The highest BCUT2D eigenvalue weighted by Crippen LogP contribution is 2.32. The summed E-state index contributed by atoms with van der Waals surface area (Å²) >= 11 is 2.20. The number of alkyl halides is 3. The highest BCUT2D eigenvalue weighted by molar-refractivity contribution is 14.1. The molecule has 3 nitrogen and oxygen atoms in total. The molecule has 1 atom stereocenters. The van der Waals surface area contributed by atoms with Crippen LogP contribution < -0.4 is 5.32 Å². The number of benzene rings is 1. The zero-order valence-corrected chi connectivity index (χ0v) is 15.1. The normalized spacial score (nSPS) is 17.8. The van der Waals surface area contributed by atoms with E-state index in [1.165, 1.54) is 6.07 Å². The molecule has 2 aromatic rings. The molecular formula is C16H16F4IN3. The van der Waals surface area contributed by atoms with E-state index in [1.54, 1.807) is 0 Å². The summed E-state index contributed by atoms with van der Waals surface area (Å²) in [6.07, 6.45) is -3.49. The summed E-state index contributed by atoms with van der Waals surface area (Å²) in [5.74, 6) is -0.256. The average Bonchev–Trinajstić information content (AvgIpc) is 2.79. The van der Waals surface area contributed by atoms with Crippen molar-refractivity contribution in [1.29, 1.82) is 0 Å². The Hall–Kier alpha value is -1.16. The van der Waals surface area contributed by atoms with E-state index in [1.807, 2.05) is 6.92 Å². The molecule has 1 aromatic heterocycles. The summed E-state index contributed by atoms with van der Waals surface area (Å²) < 4.78 is 54.6. The van der Waals surface area contributed by atoms with Gasteiger partial charge in [-0.25, -0.2) is 9.37 Å². The number of imidazole rings is 1. The van der Waals surface area contributed by atoms with Crippen LogP contribution in [-0.2, 0) is 19.1 Å². The van der Waals surface area contributed by atoms with Crippen molar-refractivity contribution in [2.45, 2.75) is 38.5 Å². The number of nitrogens with zero attached hydrogens (tertiary/aromatic N) is 2. The molecule has 0 amide bonds. The standard InChI is InChI=1S/C16H16F4IN3/c1-9-23-15(21)14-13(22-6-7-24(9)14)5-3-10-2-4-11(12(17)8-10)16(18,19)20/h2,4,8,13,22H,3,5-7H2,1H3. The molecule has 24 heavy (non-hydrogen) atoms. The van der Waals surface area contributed by atoms with Crippen LogP contribution in [0.3, 0.4) is 0 Å². The highest BCUT2D eigenvalue weighted by atomic mass is 127. The van der Waals surface area contributed by atoms with Crippen LogP contribution in [0.5, 0.6) is 0 Å². The molecule has 0 aliphatic carbocycles. The van der Waals surface area contributed by atoms with Gasteiger partial charge in [0.05, 0.1) is 17.3 Å². The second-order valence-electron chi connectivity index (χ2n) is 5.84. The number of aromatic nitrogens is 2. The summed E-state index contributed by atoms with van der Waals surface area (Å²) in [6.45, 7) is 3.62. The molecule has 8 heteroatoms. The lowest BCUT2D eigenvalue weighted by molar-refractivity contribution is -0.140. The third-order valence-corrected chi connectivity index (χ3v) is 5.06. The number of halogens is 5. The van der Waals surface area contributed by atoms with Crippen LogP contribution in [-0.4, -0.2) is 16.1 Å². The van der Waals surface area contributed by atoms with E-state index < -0.39 is 17.6 Å². The summed E-state index contributed by atoms with van der Waals surface area (Å²) in [7, 11) is 0. The molecule has 130 valence electrons. The van der Waals surface area contributed by atoms with E-state index >= 15 is 0 Å². The van der Waals surface area contributed by atoms with Crippen molar-refractivity contribution in [2.24, 2.45) is 0 Å². The van der Waals surface area contributed by atoms with Crippen molar-refractivity contribution in [3.63, 3.8) is 0 Å². The molecule has 1 aromatic carbocycles. The first-order chi connectivity index (χ1) is 11.3. The third kappa shape index (κ3) is 3.44. The Labute approximate surface area is 150 Å². The summed E-state index contributed by atoms with van der Waals surface area (Å²) in [6, 6.07) is 3.22. The van der Waals surface area contributed by atoms with Gasteiger partial charge in [-0.15, -0.1) is 0 Å². The lowest BCUT2D eigenvalue weighted by atomic mass is 10.0. The van der Waals surface area contributed by atoms with Gasteiger partial charge in [0, 0.05) is 13.1 Å². The predicted octanol–water partition coefficient (Wildman–Crippen LogP) is 4.23. The lowest BCUT2D eigenvalue weighted by Crippen LogP contribution is -2.34. The van der Waals surface area contributed by atoms with E-state index in [2.05, 4.69) is 37.5 Å². The van der Waals surface area contributed by atoms with Crippen LogP contribution in [0.4, 0.5) is 17.6 Å². The summed E-state index contributed by atoms with van der Waals surface area (Å²) in [4.78, 5) is 4.48. The van der Waals surface area contributed by atoms with Crippen LogP contribution >= 0.6 is 22.6 Å². The molecule has 1 unspecified atom stereocenters. The number of hydrogen-bond acceptors (Lipinski definition) is 2. The first-order valence-corrected chi connectivity index (χ1v) is 8.67. The van der Waals surface area contributed by atoms with E-state index in [0.29, 0.717) is 18.4 Å². The van der Waals surface area contributed by atoms with Crippen LogP contribution in [0.25, 0.3) is 0 Å². The Bertz CT molecular complexity index is 755. The monoisotopic (exact) mass is 453 g/mol. The van der Waals surface area contributed by atoms with Crippen molar-refractivity contribution in [3.05, 3.63) is 50.4 Å². The van der Waals surface area contributed by atoms with Gasteiger partial charge < -0.3 is 9.88 Å². The van der Waals surface area contributed by atoms with Crippen LogP contribution in [0.15, 0.2) is 18.2 Å². The number of nitrogens with one attached hydrogen (secondary N) is 1. The Balaban J connectivity index is 1.75. The van der Waals surface area contributed by atoms with Crippen molar-refractivity contribution < 1.29 is 17.6 Å². The Morgan fingerprint density at radius 1 is 1.38 bits per heavy atom. The minimum absolute atomic E-state index is 0.0669. The molecule has 0 spiro atoms. The molecule has 1 aliphatic rings. The number of rotatable bonds is 3. The molecule has 0 bridgehead atoms. The largest absolute Gasteiger partial charge is 0.419 e. The van der Waals surface area contributed by atoms with Gasteiger partial charge in [-0.3, -0.25) is 0 Å². The maximum atomic E-state index is 13.7. The fraction of sp³-hybridized carbons (Fsp3) is 0.438. The zero-order valence-electron chi connectivity index (χ0n) is 12.9. The first kappa shape index (κ1) is 17.7. The van der Waals surface area contributed by atoms with Crippen LogP contribution in [0, 0.1) is 16.4 Å². The molecule has 2 heterocycles. The zero-order chi connectivity index (χ0) is 17.5. The quantitative estimate of drug-likeness (QED) is 0.557. The second kappa shape index (κ2) is 6.62. The van der Waals surface area contributed by atoms with E-state index in [-0.39, 0.29) is 6.04 Å². The van der Waals surface area contributed by atoms with Crippen LogP contribution in [0.1, 0.15) is 35.1 Å². The van der Waals surface area contributed by atoms with Crippen molar-refractivity contribution in [1.82, 2.24) is 14.9 Å². The van der Waals surface area contributed by atoms with Crippen molar-refractivity contribution in [2.75, 3.05) is 6.54 Å². The number of aryl methyl sites for hydroxylation is 2. The summed E-state index contributed by atoms with van der Waals surface area (Å²) in [5.41, 5.74) is 0.447. The molecule has 0 radical (unpaired) electrons. The maximum Gasteiger partial charge on any atom is 0.419 e. The van der Waals surface area contributed by atoms with Crippen molar-refractivity contribution in [3.8, 4) is 0 Å². The fourth-order valence-corrected chi connectivity index (χ4v) is 4.12. The molecule has 1 N–H and O–H groups in total. The Morgan fingerprint density at radius 3 is 2.79 bits per heavy atom. The van der Waals surface area contributed by atoms with Gasteiger partial charge in [-0.05, 0) is 60.1 Å². The SMILES string of the molecule is Cc1nc(I)c2n1CCNC2CCc1ccc(C(F)(F)F)c(F)c1. The van der Waals surface area contributed by atoms with Gasteiger partial charge in [0.2, 0.25) is 0 Å². The third-order valence-electron chi connectivity index (χ3n) is 4.27. The Kier molecular flexibility index (Phi) is 4.87. The fourth-order valence-electron chi connectivity index (χ4n) is 3.10. The van der Waals surface area contributed by atoms with Gasteiger partial charge in [0.15, 0.2) is 0 Å². The topological polar surface area (TPSA) is 29.9 Å². The molecular weight excluding hydrogens is 437 g/mol.